The lowest BCUT2D eigenvalue weighted by molar-refractivity contribution is -0.0578. The predicted octanol–water partition coefficient (Wildman–Crippen LogP) is 0.913. The Labute approximate surface area is 139 Å². The van der Waals surface area contributed by atoms with E-state index in [1.54, 1.807) is 11.1 Å². The maximum Gasteiger partial charge on any atom is 0.164 e. The molecule has 0 spiro atoms. The van der Waals surface area contributed by atoms with Gasteiger partial charge in [0, 0.05) is 6.20 Å². The summed E-state index contributed by atoms with van der Waals surface area (Å²) in [6, 6.07) is 0. The molecule has 0 amide bonds. The summed E-state index contributed by atoms with van der Waals surface area (Å²) in [6.07, 6.45) is 4.22. The lowest BCUT2D eigenvalue weighted by atomic mass is 10.1. The van der Waals surface area contributed by atoms with E-state index in [0.717, 1.165) is 6.16 Å². The first-order chi connectivity index (χ1) is 10.1. The van der Waals surface area contributed by atoms with Crippen LogP contribution in [0, 0.1) is 0 Å². The Hall–Kier alpha value is -0.590. The largest absolute Gasteiger partial charge is 0.388 e. The fourth-order valence-corrected chi connectivity index (χ4v) is 3.67. The molecule has 0 aromatic rings. The van der Waals surface area contributed by atoms with E-state index < -0.39 is 31.4 Å². The van der Waals surface area contributed by atoms with Gasteiger partial charge in [-0.05, 0) is 41.8 Å². The van der Waals surface area contributed by atoms with Crippen LogP contribution in [0.25, 0.3) is 0 Å². The highest BCUT2D eigenvalue weighted by Crippen LogP contribution is 2.39. The van der Waals surface area contributed by atoms with Crippen molar-refractivity contribution >= 4 is 35.0 Å². The molecular formula is C14H23BrN3O3P. The molecule has 0 aromatic carbocycles. The van der Waals surface area contributed by atoms with Crippen molar-refractivity contribution in [1.82, 2.24) is 4.90 Å². The molecule has 2 rings (SSSR count). The topological polar surface area (TPSA) is 91.3 Å². The Bertz CT molecular complexity index is 572. The molecule has 0 aromatic heterocycles. The first kappa shape index (κ1) is 17.8. The minimum absolute atomic E-state index is 0.314. The smallest absolute Gasteiger partial charge is 0.164 e. The number of aliphatic hydroxyl groups is 2. The second-order valence-electron chi connectivity index (χ2n) is 6.29. The number of aliphatic hydroxyl groups excluding tert-OH is 2. The summed E-state index contributed by atoms with van der Waals surface area (Å²) in [6.45, 7) is 6.86. The minimum atomic E-state index is -1.21. The van der Waals surface area contributed by atoms with Crippen LogP contribution in [0.2, 0.25) is 0 Å². The van der Waals surface area contributed by atoms with Crippen LogP contribution in [0.3, 0.4) is 0 Å². The molecule has 1 saturated heterocycles. The Morgan fingerprint density at radius 1 is 1.45 bits per heavy atom. The van der Waals surface area contributed by atoms with Gasteiger partial charge in [-0.3, -0.25) is 0 Å². The van der Waals surface area contributed by atoms with Gasteiger partial charge in [-0.25, -0.2) is 4.99 Å². The molecule has 1 fully saturated rings. The van der Waals surface area contributed by atoms with Crippen molar-refractivity contribution in [1.29, 1.82) is 0 Å². The fraction of sp³-hybridized carbons (Fsp3) is 0.571. The van der Waals surface area contributed by atoms with E-state index in [9.17, 15) is 10.2 Å². The Kier molecular flexibility index (Phi) is 5.24. The summed E-state index contributed by atoms with van der Waals surface area (Å²) in [5.74, 6) is 0.678. The van der Waals surface area contributed by atoms with E-state index in [4.69, 9.17) is 10.5 Å². The third-order valence-electron chi connectivity index (χ3n) is 3.67. The molecule has 8 heteroatoms. The molecule has 2 heterocycles. The van der Waals surface area contributed by atoms with Crippen LogP contribution in [-0.2, 0) is 4.74 Å². The molecule has 4 atom stereocenters. The van der Waals surface area contributed by atoms with E-state index in [1.807, 2.05) is 0 Å². The molecule has 2 aliphatic heterocycles. The Morgan fingerprint density at radius 2 is 2.09 bits per heavy atom. The molecule has 0 aliphatic carbocycles. The summed E-state index contributed by atoms with van der Waals surface area (Å²) in [7, 11) is 0. The van der Waals surface area contributed by atoms with Gasteiger partial charge in [-0.2, -0.15) is 0 Å². The first-order valence-electron chi connectivity index (χ1n) is 6.98. The maximum absolute atomic E-state index is 10.3. The van der Waals surface area contributed by atoms with E-state index in [-0.39, 0.29) is 0 Å². The van der Waals surface area contributed by atoms with Gasteiger partial charge < -0.3 is 25.6 Å². The predicted molar refractivity (Wildman–Crippen MR) is 95.7 cm³/mol. The monoisotopic (exact) mass is 391 g/mol. The standard InChI is InChI=1S/C14H23BrN3O3P/c1-8-17-13(16)9(15)7-18(8)14-12(20)11(19)10(21-14)5-6-22(2,3)4/h7,10-12,14,19-20H,1-2,5-6H2,3-4H3,(H2,16,17)/t10-,11-,12-,14?/m1/s1. The second-order valence-corrected chi connectivity index (χ2v) is 11.5. The van der Waals surface area contributed by atoms with E-state index >= 15 is 0 Å². The van der Waals surface area contributed by atoms with Crippen molar-refractivity contribution in [2.45, 2.75) is 31.0 Å². The van der Waals surface area contributed by atoms with Crippen molar-refractivity contribution in [3.63, 3.8) is 0 Å². The van der Waals surface area contributed by atoms with Gasteiger partial charge in [0.25, 0.3) is 0 Å². The van der Waals surface area contributed by atoms with Crippen molar-refractivity contribution in [2.24, 2.45) is 10.7 Å². The van der Waals surface area contributed by atoms with Crippen LogP contribution in [0.1, 0.15) is 6.42 Å². The van der Waals surface area contributed by atoms with Crippen molar-refractivity contribution in [3.8, 4) is 0 Å². The summed E-state index contributed by atoms with van der Waals surface area (Å²) in [4.78, 5) is 5.68. The lowest BCUT2D eigenvalue weighted by Gasteiger charge is -2.31. The normalized spacial score (nSPS) is 33.0. The van der Waals surface area contributed by atoms with Gasteiger partial charge in [-0.1, -0.05) is 6.58 Å². The van der Waals surface area contributed by atoms with Crippen LogP contribution >= 0.6 is 22.8 Å². The van der Waals surface area contributed by atoms with Crippen LogP contribution < -0.4 is 5.73 Å². The molecule has 0 saturated carbocycles. The number of nitrogens with two attached hydrogens (primary N) is 1. The van der Waals surface area contributed by atoms with Crippen LogP contribution in [-0.4, -0.2) is 71.3 Å². The molecule has 6 nitrogen and oxygen atoms in total. The average Bonchev–Trinajstić information content (AvgIpc) is 2.68. The molecule has 4 N–H and O–H groups in total. The van der Waals surface area contributed by atoms with Gasteiger partial charge in [-0.15, -0.1) is 13.2 Å². The third-order valence-corrected chi connectivity index (χ3v) is 5.75. The highest BCUT2D eigenvalue weighted by atomic mass is 79.9. The average molecular weight is 392 g/mol. The van der Waals surface area contributed by atoms with E-state index in [0.29, 0.717) is 22.6 Å². The van der Waals surface area contributed by atoms with Crippen LogP contribution in [0.15, 0.2) is 28.1 Å². The number of ether oxygens (including phenoxy) is 1. The second kappa shape index (κ2) is 6.49. The number of amidine groups is 1. The fourth-order valence-electron chi connectivity index (χ4n) is 2.41. The number of nitrogens with zero attached hydrogens (tertiary/aromatic N) is 2. The Balaban J connectivity index is 2.10. The SMILES string of the molecule is C=C1N=C(N)C(Br)=CN1C1O[C@H](CCP(=C)(C)C)[C@@H](O)[C@H]1O. The number of hydrogen-bond acceptors (Lipinski definition) is 6. The summed E-state index contributed by atoms with van der Waals surface area (Å²) >= 11 is 3.29. The number of aliphatic imine (C=N–C) groups is 1. The van der Waals surface area contributed by atoms with Gasteiger partial charge in [0.05, 0.1) is 10.6 Å². The number of rotatable bonds is 4. The van der Waals surface area contributed by atoms with Crippen molar-refractivity contribution < 1.29 is 14.9 Å². The lowest BCUT2D eigenvalue weighted by Crippen LogP contribution is -2.42. The zero-order chi connectivity index (χ0) is 16.7. The Morgan fingerprint density at radius 3 is 2.68 bits per heavy atom. The summed E-state index contributed by atoms with van der Waals surface area (Å²) < 4.78 is 6.44. The maximum atomic E-state index is 10.3. The molecule has 1 unspecified atom stereocenters. The molecule has 22 heavy (non-hydrogen) atoms. The van der Waals surface area contributed by atoms with E-state index in [2.05, 4.69) is 47.1 Å². The van der Waals surface area contributed by atoms with Crippen molar-refractivity contribution in [3.05, 3.63) is 23.1 Å². The molecule has 0 radical (unpaired) electrons. The summed E-state index contributed by atoms with van der Waals surface area (Å²) in [5.41, 5.74) is 5.71. The zero-order valence-electron chi connectivity index (χ0n) is 12.8. The third kappa shape index (κ3) is 3.84. The highest BCUT2D eigenvalue weighted by molar-refractivity contribution is 9.12. The summed E-state index contributed by atoms with van der Waals surface area (Å²) in [5, 5.41) is 20.5. The highest BCUT2D eigenvalue weighted by Gasteiger charge is 2.45. The van der Waals surface area contributed by atoms with Gasteiger partial charge >= 0.3 is 0 Å². The van der Waals surface area contributed by atoms with Crippen LogP contribution in [0.5, 0.6) is 0 Å². The van der Waals surface area contributed by atoms with Gasteiger partial charge in [0.15, 0.2) is 6.23 Å². The van der Waals surface area contributed by atoms with Crippen molar-refractivity contribution in [2.75, 3.05) is 19.5 Å². The number of halogens is 1. The van der Waals surface area contributed by atoms with Gasteiger partial charge in [0.1, 0.15) is 23.9 Å². The quantitative estimate of drug-likeness (QED) is 0.619. The molecule has 124 valence electrons. The number of hydrogen-bond donors (Lipinski definition) is 3. The van der Waals surface area contributed by atoms with E-state index in [1.165, 1.54) is 0 Å². The first-order valence-corrected chi connectivity index (χ1v) is 10.8. The van der Waals surface area contributed by atoms with Crippen LogP contribution in [0.4, 0.5) is 0 Å². The zero-order valence-corrected chi connectivity index (χ0v) is 15.3. The minimum Gasteiger partial charge on any atom is -0.388 e. The molecule has 2 aliphatic rings. The molecular weight excluding hydrogens is 369 g/mol. The van der Waals surface area contributed by atoms with Gasteiger partial charge in [0.2, 0.25) is 0 Å². The molecule has 0 bridgehead atoms.